The number of methoxy groups -OCH3 is 2. The molecule has 1 aliphatic rings. The highest BCUT2D eigenvalue weighted by Gasteiger charge is 2.27. The maximum absolute atomic E-state index is 13.1. The summed E-state index contributed by atoms with van der Waals surface area (Å²) in [6, 6.07) is 12.7. The van der Waals surface area contributed by atoms with Crippen LogP contribution in [0.1, 0.15) is 42.9 Å². The van der Waals surface area contributed by atoms with Crippen molar-refractivity contribution in [3.05, 3.63) is 53.9 Å². The van der Waals surface area contributed by atoms with Crippen molar-refractivity contribution < 1.29 is 23.6 Å². The van der Waals surface area contributed by atoms with E-state index in [1.165, 1.54) is 0 Å². The van der Waals surface area contributed by atoms with E-state index >= 15 is 0 Å². The highest BCUT2D eigenvalue weighted by atomic mass is 16.5. The summed E-state index contributed by atoms with van der Waals surface area (Å²) >= 11 is 0. The van der Waals surface area contributed by atoms with Crippen molar-refractivity contribution in [2.24, 2.45) is 5.92 Å². The Bertz CT molecular complexity index is 1250. The van der Waals surface area contributed by atoms with Gasteiger partial charge in [-0.2, -0.15) is 4.98 Å². The first kappa shape index (κ1) is 27.1. The predicted octanol–water partition coefficient (Wildman–Crippen LogP) is 4.09. The van der Waals surface area contributed by atoms with E-state index in [2.05, 4.69) is 20.4 Å². The Kier molecular flexibility index (Phi) is 8.96. The molecule has 1 saturated heterocycles. The SMILES string of the molecule is CCN(CC)C(=O)c1ccccc1NC(=O)C1CCN(Cc2nc(-c3ccc(OC)c(OC)c3)no2)CC1. The van der Waals surface area contributed by atoms with Crippen molar-refractivity contribution in [1.29, 1.82) is 0 Å². The summed E-state index contributed by atoms with van der Waals surface area (Å²) in [6.07, 6.45) is 1.41. The van der Waals surface area contributed by atoms with Gasteiger partial charge in [-0.05, 0) is 70.1 Å². The summed E-state index contributed by atoms with van der Waals surface area (Å²) in [5.41, 5.74) is 1.85. The molecule has 1 aromatic heterocycles. The minimum Gasteiger partial charge on any atom is -0.493 e. The van der Waals surface area contributed by atoms with E-state index in [9.17, 15) is 9.59 Å². The van der Waals surface area contributed by atoms with Gasteiger partial charge in [0.1, 0.15) is 0 Å². The Hall–Kier alpha value is -3.92. The molecule has 0 spiro atoms. The molecule has 0 aliphatic carbocycles. The van der Waals surface area contributed by atoms with Crippen molar-refractivity contribution in [2.45, 2.75) is 33.2 Å². The number of carbonyl (C=O) groups is 2. The second-order valence-corrected chi connectivity index (χ2v) is 9.14. The first-order chi connectivity index (χ1) is 18.5. The number of anilines is 1. The second kappa shape index (κ2) is 12.6. The number of hydrogen-bond donors (Lipinski definition) is 1. The van der Waals surface area contributed by atoms with Crippen LogP contribution in [-0.2, 0) is 11.3 Å². The number of carbonyl (C=O) groups excluding carboxylic acids is 2. The number of nitrogens with zero attached hydrogens (tertiary/aromatic N) is 4. The van der Waals surface area contributed by atoms with Crippen molar-refractivity contribution in [3.63, 3.8) is 0 Å². The van der Waals surface area contributed by atoms with Crippen molar-refractivity contribution >= 4 is 17.5 Å². The standard InChI is InChI=1S/C28H35N5O5/c1-5-33(6-2)28(35)21-9-7-8-10-22(21)29-27(34)19-13-15-32(16-14-19)18-25-30-26(31-38-25)20-11-12-23(36-3)24(17-20)37-4/h7-12,17,19H,5-6,13-16,18H2,1-4H3,(H,29,34). The summed E-state index contributed by atoms with van der Waals surface area (Å²) in [7, 11) is 3.17. The Morgan fingerprint density at radius 3 is 2.45 bits per heavy atom. The number of amides is 2. The average molecular weight is 522 g/mol. The van der Waals surface area contributed by atoms with Gasteiger partial charge in [0.15, 0.2) is 11.5 Å². The summed E-state index contributed by atoms with van der Waals surface area (Å²) in [4.78, 5) is 34.4. The Labute approximate surface area is 222 Å². The van der Waals surface area contributed by atoms with Crippen LogP contribution < -0.4 is 14.8 Å². The molecule has 2 amide bonds. The van der Waals surface area contributed by atoms with E-state index < -0.39 is 0 Å². The molecule has 0 unspecified atom stereocenters. The molecule has 10 nitrogen and oxygen atoms in total. The number of nitrogens with one attached hydrogen (secondary N) is 1. The molecule has 0 radical (unpaired) electrons. The molecule has 0 atom stereocenters. The van der Waals surface area contributed by atoms with E-state index in [1.54, 1.807) is 37.3 Å². The van der Waals surface area contributed by atoms with E-state index in [0.717, 1.165) is 18.7 Å². The number of hydrogen-bond acceptors (Lipinski definition) is 8. The van der Waals surface area contributed by atoms with Crippen LogP contribution in [0.2, 0.25) is 0 Å². The normalized spacial score (nSPS) is 14.2. The van der Waals surface area contributed by atoms with Gasteiger partial charge in [0, 0.05) is 24.6 Å². The van der Waals surface area contributed by atoms with Crippen LogP contribution in [0.4, 0.5) is 5.69 Å². The molecule has 4 rings (SSSR count). The van der Waals surface area contributed by atoms with Gasteiger partial charge in [0.05, 0.1) is 32.0 Å². The van der Waals surface area contributed by atoms with Gasteiger partial charge in [-0.1, -0.05) is 17.3 Å². The Morgan fingerprint density at radius 1 is 1.05 bits per heavy atom. The molecular formula is C28H35N5O5. The lowest BCUT2D eigenvalue weighted by Gasteiger charge is -2.30. The lowest BCUT2D eigenvalue weighted by molar-refractivity contribution is -0.121. The number of likely N-dealkylation sites (tertiary alicyclic amines) is 1. The van der Waals surface area contributed by atoms with Crippen molar-refractivity contribution in [2.75, 3.05) is 45.7 Å². The third-order valence-electron chi connectivity index (χ3n) is 6.89. The number of rotatable bonds is 10. The fraction of sp³-hybridized carbons (Fsp3) is 0.429. The Morgan fingerprint density at radius 2 is 1.76 bits per heavy atom. The van der Waals surface area contributed by atoms with Crippen LogP contribution in [0, 0.1) is 5.92 Å². The lowest BCUT2D eigenvalue weighted by atomic mass is 9.95. The summed E-state index contributed by atoms with van der Waals surface area (Å²) in [5, 5.41) is 7.12. The van der Waals surface area contributed by atoms with E-state index in [1.807, 2.05) is 38.1 Å². The second-order valence-electron chi connectivity index (χ2n) is 9.14. The zero-order chi connectivity index (χ0) is 27.1. The molecule has 3 aromatic rings. The predicted molar refractivity (Wildman–Crippen MR) is 143 cm³/mol. The van der Waals surface area contributed by atoms with E-state index in [4.69, 9.17) is 14.0 Å². The van der Waals surface area contributed by atoms with Gasteiger partial charge >= 0.3 is 0 Å². The largest absolute Gasteiger partial charge is 0.493 e. The molecule has 202 valence electrons. The summed E-state index contributed by atoms with van der Waals surface area (Å²) in [5.74, 6) is 1.95. The van der Waals surface area contributed by atoms with E-state index in [0.29, 0.717) is 66.9 Å². The third-order valence-corrected chi connectivity index (χ3v) is 6.89. The minimum absolute atomic E-state index is 0.0574. The van der Waals surface area contributed by atoms with Crippen LogP contribution in [0.25, 0.3) is 11.4 Å². The molecule has 1 aliphatic heterocycles. The molecule has 38 heavy (non-hydrogen) atoms. The number of para-hydroxylation sites is 1. The van der Waals surface area contributed by atoms with Crippen LogP contribution in [0.15, 0.2) is 47.0 Å². The average Bonchev–Trinajstić information content (AvgIpc) is 3.42. The first-order valence-corrected chi connectivity index (χ1v) is 12.9. The first-order valence-electron chi connectivity index (χ1n) is 12.9. The molecule has 1 fully saturated rings. The number of piperidine rings is 1. The van der Waals surface area contributed by atoms with Crippen LogP contribution in [0.5, 0.6) is 11.5 Å². The van der Waals surface area contributed by atoms with Crippen LogP contribution >= 0.6 is 0 Å². The van der Waals surface area contributed by atoms with Gasteiger partial charge in [-0.15, -0.1) is 0 Å². The molecular weight excluding hydrogens is 486 g/mol. The fourth-order valence-electron chi connectivity index (χ4n) is 4.65. The zero-order valence-corrected chi connectivity index (χ0v) is 22.4. The molecule has 2 aromatic carbocycles. The van der Waals surface area contributed by atoms with Gasteiger partial charge in [0.25, 0.3) is 5.91 Å². The van der Waals surface area contributed by atoms with Crippen LogP contribution in [-0.4, -0.2) is 72.2 Å². The topological polar surface area (TPSA) is 110 Å². The van der Waals surface area contributed by atoms with Gasteiger partial charge in [-0.3, -0.25) is 14.5 Å². The quantitative estimate of drug-likeness (QED) is 0.425. The van der Waals surface area contributed by atoms with Gasteiger partial charge in [0.2, 0.25) is 17.6 Å². The molecule has 10 heteroatoms. The fourth-order valence-corrected chi connectivity index (χ4v) is 4.65. The van der Waals surface area contributed by atoms with Crippen LogP contribution in [0.3, 0.4) is 0 Å². The van der Waals surface area contributed by atoms with Gasteiger partial charge < -0.3 is 24.2 Å². The number of aromatic nitrogens is 2. The van der Waals surface area contributed by atoms with Crippen molar-refractivity contribution in [3.8, 4) is 22.9 Å². The number of ether oxygens (including phenoxy) is 2. The maximum atomic E-state index is 13.1. The molecule has 0 saturated carbocycles. The Balaban J connectivity index is 1.33. The molecule has 0 bridgehead atoms. The van der Waals surface area contributed by atoms with Crippen molar-refractivity contribution in [1.82, 2.24) is 19.9 Å². The molecule has 1 N–H and O–H groups in total. The van der Waals surface area contributed by atoms with Gasteiger partial charge in [-0.25, -0.2) is 0 Å². The highest BCUT2D eigenvalue weighted by Crippen LogP contribution is 2.31. The maximum Gasteiger partial charge on any atom is 0.255 e. The monoisotopic (exact) mass is 521 g/mol. The minimum atomic E-state index is -0.132. The highest BCUT2D eigenvalue weighted by molar-refractivity contribution is 6.04. The zero-order valence-electron chi connectivity index (χ0n) is 22.4. The molecule has 2 heterocycles. The van der Waals surface area contributed by atoms with E-state index in [-0.39, 0.29) is 17.7 Å². The number of benzene rings is 2. The summed E-state index contributed by atoms with van der Waals surface area (Å²) in [6.45, 7) is 7.09. The smallest absolute Gasteiger partial charge is 0.255 e. The third kappa shape index (κ3) is 6.13. The lowest BCUT2D eigenvalue weighted by Crippen LogP contribution is -2.38. The summed E-state index contributed by atoms with van der Waals surface area (Å²) < 4.78 is 16.1.